The van der Waals surface area contributed by atoms with Crippen molar-refractivity contribution in [1.82, 2.24) is 4.90 Å². The molecule has 0 spiro atoms. The van der Waals surface area contributed by atoms with E-state index in [1.54, 1.807) is 0 Å². The summed E-state index contributed by atoms with van der Waals surface area (Å²) in [7, 11) is 0. The molecule has 1 heterocycles. The summed E-state index contributed by atoms with van der Waals surface area (Å²) < 4.78 is 13.4. The molecule has 0 amide bonds. The molecule has 0 aromatic rings. The number of rotatable bonds is 39. The normalized spacial score (nSPS) is 14.8. The summed E-state index contributed by atoms with van der Waals surface area (Å²) in [4.78, 5) is 2.62. The lowest BCUT2D eigenvalue weighted by atomic mass is 10.0. The molecule has 49 heavy (non-hydrogen) atoms. The highest BCUT2D eigenvalue weighted by atomic mass is 79.9. The van der Waals surface area contributed by atoms with Crippen molar-refractivity contribution in [2.45, 2.75) is 200 Å². The third-order valence-electron chi connectivity index (χ3n) is 11.2. The standard InChI is InChI=1S/C43H90N3O2.BrH/c1-3-5-7-9-11-13-15-17-19-21-23-25-27-29-40-47-42-35-45-33-37-46(38-34-45,36-31-32-44)39-43-48-41-30-28-26-24-22-20-18-16-14-12-10-8-6-4-2;/h3-44H2,1-2H3;1H/q+1;/p-1. The summed E-state index contributed by atoms with van der Waals surface area (Å²) in [5, 5.41) is 0. The largest absolute Gasteiger partial charge is 1.00 e. The quantitative estimate of drug-likeness (QED) is 0.0505. The van der Waals surface area contributed by atoms with Gasteiger partial charge in [0.05, 0.1) is 32.8 Å². The molecule has 0 radical (unpaired) electrons. The fourth-order valence-electron chi connectivity index (χ4n) is 7.59. The van der Waals surface area contributed by atoms with E-state index in [-0.39, 0.29) is 17.0 Å². The molecule has 0 atom stereocenters. The first-order chi connectivity index (χ1) is 23.8. The number of halogens is 1. The molecule has 0 unspecified atom stereocenters. The Hall–Kier alpha value is 0.280. The highest BCUT2D eigenvalue weighted by molar-refractivity contribution is 4.65. The number of quaternary nitrogens is 1. The molecule has 6 heteroatoms. The minimum absolute atomic E-state index is 0. The third kappa shape index (κ3) is 32.6. The molecule has 5 nitrogen and oxygen atoms in total. The summed E-state index contributed by atoms with van der Waals surface area (Å²) in [6.45, 7) is 17.4. The van der Waals surface area contributed by atoms with E-state index in [2.05, 4.69) is 18.7 Å². The van der Waals surface area contributed by atoms with Gasteiger partial charge in [0.2, 0.25) is 0 Å². The van der Waals surface area contributed by atoms with Crippen LogP contribution in [0, 0.1) is 0 Å². The van der Waals surface area contributed by atoms with Gasteiger partial charge in [-0.1, -0.05) is 181 Å². The Balaban J connectivity index is 0.0000230. The summed E-state index contributed by atoms with van der Waals surface area (Å²) in [6, 6.07) is 0. The summed E-state index contributed by atoms with van der Waals surface area (Å²) in [6.07, 6.45) is 40.6. The second kappa shape index (κ2) is 39.5. The summed E-state index contributed by atoms with van der Waals surface area (Å²) in [5.74, 6) is 0. The lowest BCUT2D eigenvalue weighted by Crippen LogP contribution is -3.00. The van der Waals surface area contributed by atoms with Crippen LogP contribution in [-0.2, 0) is 9.47 Å². The number of unbranched alkanes of at least 4 members (excludes halogenated alkanes) is 26. The molecule has 0 aromatic carbocycles. The third-order valence-corrected chi connectivity index (χ3v) is 11.2. The smallest absolute Gasteiger partial charge is 0.102 e. The van der Waals surface area contributed by atoms with Crippen LogP contribution in [0.5, 0.6) is 0 Å². The number of hydrogen-bond acceptors (Lipinski definition) is 4. The van der Waals surface area contributed by atoms with Crippen LogP contribution >= 0.6 is 0 Å². The zero-order valence-corrected chi connectivity index (χ0v) is 35.2. The molecular weight excluding hydrogens is 670 g/mol. The Morgan fingerprint density at radius 1 is 0.429 bits per heavy atom. The molecule has 1 fully saturated rings. The molecule has 0 aliphatic carbocycles. The van der Waals surface area contributed by atoms with Crippen molar-refractivity contribution >= 4 is 0 Å². The lowest BCUT2D eigenvalue weighted by Gasteiger charge is -2.45. The number of nitrogens with zero attached hydrogens (tertiary/aromatic N) is 2. The highest BCUT2D eigenvalue weighted by Gasteiger charge is 2.32. The maximum absolute atomic E-state index is 6.16. The van der Waals surface area contributed by atoms with Crippen molar-refractivity contribution in [1.29, 1.82) is 0 Å². The van der Waals surface area contributed by atoms with Crippen LogP contribution in [0.4, 0.5) is 0 Å². The van der Waals surface area contributed by atoms with E-state index in [1.807, 2.05) is 0 Å². The molecule has 296 valence electrons. The van der Waals surface area contributed by atoms with E-state index in [0.29, 0.717) is 0 Å². The van der Waals surface area contributed by atoms with Crippen LogP contribution in [0.2, 0.25) is 0 Å². The van der Waals surface area contributed by atoms with Gasteiger partial charge in [0.15, 0.2) is 0 Å². The van der Waals surface area contributed by atoms with Crippen molar-refractivity contribution in [3.05, 3.63) is 0 Å². The van der Waals surface area contributed by atoms with Gasteiger partial charge >= 0.3 is 0 Å². The Bertz CT molecular complexity index is 618. The Kier molecular flexibility index (Phi) is 39.7. The molecule has 2 N–H and O–H groups in total. The Morgan fingerprint density at radius 2 is 0.776 bits per heavy atom. The van der Waals surface area contributed by atoms with Crippen molar-refractivity contribution < 1.29 is 30.9 Å². The van der Waals surface area contributed by atoms with Gasteiger partial charge in [-0.3, -0.25) is 4.90 Å². The van der Waals surface area contributed by atoms with Gasteiger partial charge in [-0.2, -0.15) is 0 Å². The minimum Gasteiger partial charge on any atom is -1.00 e. The monoisotopic (exact) mass is 760 g/mol. The molecular formula is C43H90BrN3O2. The van der Waals surface area contributed by atoms with Gasteiger partial charge < -0.3 is 36.7 Å². The van der Waals surface area contributed by atoms with Crippen LogP contribution in [-0.4, -0.2) is 88.2 Å². The van der Waals surface area contributed by atoms with Gasteiger partial charge in [0.1, 0.15) is 6.54 Å². The first-order valence-electron chi connectivity index (χ1n) is 22.2. The Morgan fingerprint density at radius 3 is 1.14 bits per heavy atom. The minimum atomic E-state index is 0. The maximum atomic E-state index is 6.16. The number of piperazine rings is 1. The van der Waals surface area contributed by atoms with Gasteiger partial charge in [0, 0.05) is 39.3 Å². The van der Waals surface area contributed by atoms with Crippen LogP contribution in [0.3, 0.4) is 0 Å². The van der Waals surface area contributed by atoms with E-state index in [9.17, 15) is 0 Å². The average Bonchev–Trinajstić information content (AvgIpc) is 3.11. The van der Waals surface area contributed by atoms with Crippen molar-refractivity contribution in [3.8, 4) is 0 Å². The van der Waals surface area contributed by atoms with Gasteiger partial charge in [0.25, 0.3) is 0 Å². The number of hydrogen-bond donors (Lipinski definition) is 1. The van der Waals surface area contributed by atoms with Gasteiger partial charge in [-0.05, 0) is 19.4 Å². The highest BCUT2D eigenvalue weighted by Crippen LogP contribution is 2.16. The SMILES string of the molecule is CCCCCCCCCCCCCCCCOCCN1CC[N+](CCCN)(CCOCCCCCCCCCCCCCCCC)CC1.[Br-]. The first kappa shape index (κ1) is 49.3. The van der Waals surface area contributed by atoms with Gasteiger partial charge in [-0.15, -0.1) is 0 Å². The van der Waals surface area contributed by atoms with Crippen molar-refractivity contribution in [2.75, 3.05) is 78.8 Å². The van der Waals surface area contributed by atoms with Crippen LogP contribution in [0.1, 0.15) is 200 Å². The molecule has 1 saturated heterocycles. The topological polar surface area (TPSA) is 47.7 Å². The molecule has 0 aromatic heterocycles. The lowest BCUT2D eigenvalue weighted by molar-refractivity contribution is -0.932. The van der Waals surface area contributed by atoms with E-state index in [0.717, 1.165) is 52.5 Å². The van der Waals surface area contributed by atoms with Crippen LogP contribution in [0.15, 0.2) is 0 Å². The predicted molar refractivity (Wildman–Crippen MR) is 212 cm³/mol. The van der Waals surface area contributed by atoms with E-state index < -0.39 is 0 Å². The Labute approximate surface area is 319 Å². The first-order valence-corrected chi connectivity index (χ1v) is 22.2. The van der Waals surface area contributed by atoms with Crippen molar-refractivity contribution in [2.24, 2.45) is 5.73 Å². The molecule has 0 bridgehead atoms. The zero-order valence-electron chi connectivity index (χ0n) is 33.7. The van der Waals surface area contributed by atoms with Crippen LogP contribution in [0.25, 0.3) is 0 Å². The zero-order chi connectivity index (χ0) is 34.5. The fraction of sp³-hybridized carbons (Fsp3) is 1.00. The summed E-state index contributed by atoms with van der Waals surface area (Å²) >= 11 is 0. The van der Waals surface area contributed by atoms with Crippen molar-refractivity contribution in [3.63, 3.8) is 0 Å². The molecule has 1 rings (SSSR count). The number of nitrogens with two attached hydrogens (primary N) is 1. The van der Waals surface area contributed by atoms with Crippen LogP contribution < -0.4 is 22.7 Å². The van der Waals surface area contributed by atoms with E-state index in [1.165, 1.54) is 217 Å². The van der Waals surface area contributed by atoms with E-state index in [4.69, 9.17) is 15.2 Å². The molecule has 1 aliphatic heterocycles. The molecule has 1 aliphatic rings. The average molecular weight is 761 g/mol. The molecule has 0 saturated carbocycles. The second-order valence-electron chi connectivity index (χ2n) is 15.6. The summed E-state index contributed by atoms with van der Waals surface area (Å²) in [5.41, 5.74) is 5.94. The predicted octanol–water partition coefficient (Wildman–Crippen LogP) is 8.47. The van der Waals surface area contributed by atoms with Gasteiger partial charge in [-0.25, -0.2) is 0 Å². The fourth-order valence-corrected chi connectivity index (χ4v) is 7.59. The van der Waals surface area contributed by atoms with E-state index >= 15 is 0 Å². The second-order valence-corrected chi connectivity index (χ2v) is 15.6. The maximum Gasteiger partial charge on any atom is 0.102 e. The number of ether oxygens (including phenoxy) is 2.